The molecule has 2 heterocycles. The number of amides is 1. The van der Waals surface area contributed by atoms with Crippen LogP contribution in [0.4, 0.5) is 5.69 Å². The number of fused-ring (bicyclic) bond motifs is 1. The Morgan fingerprint density at radius 1 is 1.32 bits per heavy atom. The predicted molar refractivity (Wildman–Crippen MR) is 88.7 cm³/mol. The van der Waals surface area contributed by atoms with Crippen LogP contribution in [0.2, 0.25) is 5.02 Å². The number of anilines is 1. The molecule has 1 aliphatic heterocycles. The van der Waals surface area contributed by atoms with Crippen molar-refractivity contribution < 1.29 is 4.79 Å². The van der Waals surface area contributed by atoms with Gasteiger partial charge in [-0.1, -0.05) is 11.6 Å². The van der Waals surface area contributed by atoms with E-state index in [1.165, 1.54) is 0 Å². The Labute approximate surface area is 135 Å². The summed E-state index contributed by atoms with van der Waals surface area (Å²) >= 11 is 6.01. The first-order valence-corrected chi connectivity index (χ1v) is 7.75. The summed E-state index contributed by atoms with van der Waals surface area (Å²) in [7, 11) is 1.92. The molecule has 0 radical (unpaired) electrons. The molecule has 1 aromatic heterocycles. The van der Waals surface area contributed by atoms with Crippen LogP contribution >= 0.6 is 11.6 Å². The molecule has 3 rings (SSSR count). The van der Waals surface area contributed by atoms with Gasteiger partial charge in [0.05, 0.1) is 11.9 Å². The molecule has 0 spiro atoms. The summed E-state index contributed by atoms with van der Waals surface area (Å²) in [6.45, 7) is 1.55. The molecule has 0 saturated heterocycles. The van der Waals surface area contributed by atoms with E-state index < -0.39 is 0 Å². The third kappa shape index (κ3) is 2.98. The van der Waals surface area contributed by atoms with Gasteiger partial charge in [-0.05, 0) is 61.8 Å². The number of halogens is 1. The number of benzene rings is 1. The predicted octanol–water partition coefficient (Wildman–Crippen LogP) is 2.70. The van der Waals surface area contributed by atoms with E-state index >= 15 is 0 Å². The summed E-state index contributed by atoms with van der Waals surface area (Å²) in [6, 6.07) is 7.50. The van der Waals surface area contributed by atoms with Gasteiger partial charge in [0.1, 0.15) is 0 Å². The SMILES string of the molecule is CNCCc1cncc(N2CCc3cc(Cl)ccc3C2=O)c1. The Morgan fingerprint density at radius 3 is 3.00 bits per heavy atom. The van der Waals surface area contributed by atoms with Gasteiger partial charge < -0.3 is 10.2 Å². The number of carbonyl (C=O) groups is 1. The van der Waals surface area contributed by atoms with Crippen LogP contribution in [0.25, 0.3) is 0 Å². The van der Waals surface area contributed by atoms with E-state index in [0.29, 0.717) is 11.6 Å². The third-order valence-corrected chi connectivity index (χ3v) is 4.14. The fourth-order valence-corrected chi connectivity index (χ4v) is 2.93. The highest BCUT2D eigenvalue weighted by Crippen LogP contribution is 2.26. The van der Waals surface area contributed by atoms with E-state index in [9.17, 15) is 4.79 Å². The van der Waals surface area contributed by atoms with Crippen molar-refractivity contribution in [2.75, 3.05) is 25.0 Å². The van der Waals surface area contributed by atoms with Crippen LogP contribution in [0.5, 0.6) is 0 Å². The van der Waals surface area contributed by atoms with Crippen molar-refractivity contribution in [1.82, 2.24) is 10.3 Å². The molecule has 0 bridgehead atoms. The molecule has 114 valence electrons. The topological polar surface area (TPSA) is 45.2 Å². The fourth-order valence-electron chi connectivity index (χ4n) is 2.73. The molecule has 0 fully saturated rings. The van der Waals surface area contributed by atoms with Crippen molar-refractivity contribution in [2.24, 2.45) is 0 Å². The molecule has 1 aromatic carbocycles. The van der Waals surface area contributed by atoms with Gasteiger partial charge in [0.2, 0.25) is 0 Å². The first-order valence-electron chi connectivity index (χ1n) is 7.38. The highest BCUT2D eigenvalue weighted by molar-refractivity contribution is 6.30. The monoisotopic (exact) mass is 315 g/mol. The van der Waals surface area contributed by atoms with E-state index in [-0.39, 0.29) is 5.91 Å². The smallest absolute Gasteiger partial charge is 0.258 e. The van der Waals surface area contributed by atoms with Gasteiger partial charge >= 0.3 is 0 Å². The zero-order valence-electron chi connectivity index (χ0n) is 12.5. The number of aromatic nitrogens is 1. The zero-order valence-corrected chi connectivity index (χ0v) is 13.2. The molecule has 1 amide bonds. The summed E-state index contributed by atoms with van der Waals surface area (Å²) in [4.78, 5) is 18.8. The molecule has 0 unspecified atom stereocenters. The molecular formula is C17H18ClN3O. The van der Waals surface area contributed by atoms with Crippen molar-refractivity contribution in [3.63, 3.8) is 0 Å². The maximum atomic E-state index is 12.7. The third-order valence-electron chi connectivity index (χ3n) is 3.90. The van der Waals surface area contributed by atoms with E-state index in [0.717, 1.165) is 41.8 Å². The largest absolute Gasteiger partial charge is 0.319 e. The van der Waals surface area contributed by atoms with Crippen molar-refractivity contribution in [1.29, 1.82) is 0 Å². The Kier molecular flexibility index (Phi) is 4.41. The number of hydrogen-bond donors (Lipinski definition) is 1. The molecule has 5 heteroatoms. The summed E-state index contributed by atoms with van der Waals surface area (Å²) < 4.78 is 0. The lowest BCUT2D eigenvalue weighted by molar-refractivity contribution is 0.0980. The van der Waals surface area contributed by atoms with Gasteiger partial charge in [-0.15, -0.1) is 0 Å². The molecule has 4 nitrogen and oxygen atoms in total. The molecule has 1 aliphatic rings. The van der Waals surface area contributed by atoms with Crippen LogP contribution in [0.1, 0.15) is 21.5 Å². The van der Waals surface area contributed by atoms with Gasteiger partial charge in [-0.2, -0.15) is 0 Å². The van der Waals surface area contributed by atoms with Crippen molar-refractivity contribution in [2.45, 2.75) is 12.8 Å². The lowest BCUT2D eigenvalue weighted by atomic mass is 9.98. The second-order valence-electron chi connectivity index (χ2n) is 5.41. The quantitative estimate of drug-likeness (QED) is 0.943. The second kappa shape index (κ2) is 6.46. The fraction of sp³-hybridized carbons (Fsp3) is 0.294. The molecule has 0 atom stereocenters. The van der Waals surface area contributed by atoms with Gasteiger partial charge in [-0.25, -0.2) is 0 Å². The Balaban J connectivity index is 1.87. The van der Waals surface area contributed by atoms with Gasteiger partial charge in [-0.3, -0.25) is 9.78 Å². The van der Waals surface area contributed by atoms with E-state index in [1.54, 1.807) is 17.2 Å². The normalized spacial score (nSPS) is 14.1. The van der Waals surface area contributed by atoms with Crippen molar-refractivity contribution in [3.05, 3.63) is 58.4 Å². The average Bonchev–Trinajstić information content (AvgIpc) is 2.53. The van der Waals surface area contributed by atoms with Crippen LogP contribution in [0, 0.1) is 0 Å². The van der Waals surface area contributed by atoms with Gasteiger partial charge in [0, 0.05) is 23.3 Å². The molecule has 0 aliphatic carbocycles. The second-order valence-corrected chi connectivity index (χ2v) is 5.85. The number of rotatable bonds is 4. The Hall–Kier alpha value is -1.91. The summed E-state index contributed by atoms with van der Waals surface area (Å²) in [5.74, 6) is 0.0190. The minimum atomic E-state index is 0.0190. The van der Waals surface area contributed by atoms with Gasteiger partial charge in [0.15, 0.2) is 0 Å². The molecule has 1 N–H and O–H groups in total. The highest BCUT2D eigenvalue weighted by atomic mass is 35.5. The minimum Gasteiger partial charge on any atom is -0.319 e. The lowest BCUT2D eigenvalue weighted by Crippen LogP contribution is -2.37. The summed E-state index contributed by atoms with van der Waals surface area (Å²) in [6.07, 6.45) is 5.30. The Morgan fingerprint density at radius 2 is 2.18 bits per heavy atom. The number of hydrogen-bond acceptors (Lipinski definition) is 3. The molecule has 22 heavy (non-hydrogen) atoms. The average molecular weight is 316 g/mol. The number of carbonyl (C=O) groups excluding carboxylic acids is 1. The highest BCUT2D eigenvalue weighted by Gasteiger charge is 2.25. The number of nitrogens with one attached hydrogen (secondary N) is 1. The molecule has 0 saturated carbocycles. The number of likely N-dealkylation sites (N-methyl/N-ethyl adjacent to an activating group) is 1. The summed E-state index contributed by atoms with van der Waals surface area (Å²) in [5, 5.41) is 3.80. The van der Waals surface area contributed by atoms with E-state index in [4.69, 9.17) is 11.6 Å². The standard InChI is InChI=1S/C17H18ClN3O/c1-19-6-4-12-8-15(11-20-10-12)21-7-5-13-9-14(18)2-3-16(13)17(21)22/h2-3,8-11,19H,4-7H2,1H3. The van der Waals surface area contributed by atoms with E-state index in [2.05, 4.69) is 10.3 Å². The Bertz CT molecular complexity index is 702. The first kappa shape index (κ1) is 15.0. The maximum Gasteiger partial charge on any atom is 0.258 e. The van der Waals surface area contributed by atoms with Crippen LogP contribution in [0.3, 0.4) is 0 Å². The van der Waals surface area contributed by atoms with Crippen LogP contribution < -0.4 is 10.2 Å². The number of pyridine rings is 1. The minimum absolute atomic E-state index is 0.0190. The number of nitrogens with zero attached hydrogens (tertiary/aromatic N) is 2. The summed E-state index contributed by atoms with van der Waals surface area (Å²) in [5.41, 5.74) is 3.74. The molecule has 2 aromatic rings. The lowest BCUT2D eigenvalue weighted by Gasteiger charge is -2.28. The van der Waals surface area contributed by atoms with Crippen LogP contribution in [-0.2, 0) is 12.8 Å². The molecular weight excluding hydrogens is 298 g/mol. The zero-order chi connectivity index (χ0) is 15.5. The van der Waals surface area contributed by atoms with Crippen molar-refractivity contribution >= 4 is 23.2 Å². The maximum absolute atomic E-state index is 12.7. The van der Waals surface area contributed by atoms with Crippen molar-refractivity contribution in [3.8, 4) is 0 Å². The van der Waals surface area contributed by atoms with Gasteiger partial charge in [0.25, 0.3) is 5.91 Å². The first-order chi connectivity index (χ1) is 10.7. The van der Waals surface area contributed by atoms with Crippen LogP contribution in [-0.4, -0.2) is 31.0 Å². The van der Waals surface area contributed by atoms with Crippen LogP contribution in [0.15, 0.2) is 36.7 Å². The van der Waals surface area contributed by atoms with E-state index in [1.807, 2.05) is 31.4 Å².